The molecule has 0 spiro atoms. The van der Waals surface area contributed by atoms with Crippen LogP contribution in [0.25, 0.3) is 10.2 Å². The maximum absolute atomic E-state index is 12.1. The number of terminal acetylenes is 1. The number of fused-ring (bicyclic) bond motifs is 1. The molecule has 0 aliphatic heterocycles. The topological polar surface area (TPSA) is 43.6 Å². The number of thiazole rings is 1. The van der Waals surface area contributed by atoms with E-state index in [1.807, 2.05) is 41.0 Å². The normalized spacial score (nSPS) is 11.4. The molecule has 1 amide bonds. The van der Waals surface area contributed by atoms with Crippen molar-refractivity contribution in [2.24, 2.45) is 4.99 Å². The van der Waals surface area contributed by atoms with E-state index in [2.05, 4.69) is 26.8 Å². The molecule has 120 valence electrons. The van der Waals surface area contributed by atoms with E-state index in [1.54, 1.807) is 12.1 Å². The SMILES string of the molecule is C#CCn1c(=NC(=O)COc2ccccc2)sc2cc(Br)ccc21. The molecule has 1 heterocycles. The summed E-state index contributed by atoms with van der Waals surface area (Å²) < 4.78 is 9.27. The van der Waals surface area contributed by atoms with Gasteiger partial charge in [-0.3, -0.25) is 4.79 Å². The molecule has 0 aliphatic carbocycles. The third kappa shape index (κ3) is 3.75. The van der Waals surface area contributed by atoms with Gasteiger partial charge in [0.1, 0.15) is 5.75 Å². The number of carbonyl (C=O) groups is 1. The van der Waals surface area contributed by atoms with Crippen LogP contribution in [0.2, 0.25) is 0 Å². The van der Waals surface area contributed by atoms with Crippen LogP contribution in [0.1, 0.15) is 0 Å². The second-order valence-electron chi connectivity index (χ2n) is 4.89. The Hall–Kier alpha value is -2.36. The Kier molecular flexibility index (Phi) is 5.14. The molecule has 0 radical (unpaired) electrons. The van der Waals surface area contributed by atoms with Crippen LogP contribution in [0.4, 0.5) is 0 Å². The summed E-state index contributed by atoms with van der Waals surface area (Å²) in [6.45, 7) is 0.241. The minimum Gasteiger partial charge on any atom is -0.484 e. The number of halogens is 1. The summed E-state index contributed by atoms with van der Waals surface area (Å²) in [7, 11) is 0. The highest BCUT2D eigenvalue weighted by atomic mass is 79.9. The van der Waals surface area contributed by atoms with E-state index in [-0.39, 0.29) is 12.5 Å². The highest BCUT2D eigenvalue weighted by Gasteiger charge is 2.08. The summed E-state index contributed by atoms with van der Waals surface area (Å²) in [6.07, 6.45) is 5.45. The van der Waals surface area contributed by atoms with Gasteiger partial charge < -0.3 is 9.30 Å². The van der Waals surface area contributed by atoms with Gasteiger partial charge in [-0.05, 0) is 30.3 Å². The minimum atomic E-state index is -0.352. The van der Waals surface area contributed by atoms with E-state index in [9.17, 15) is 4.79 Å². The molecular weight excluding hydrogens is 388 g/mol. The maximum atomic E-state index is 12.1. The van der Waals surface area contributed by atoms with E-state index in [0.717, 1.165) is 14.7 Å². The van der Waals surface area contributed by atoms with Gasteiger partial charge in [-0.25, -0.2) is 0 Å². The number of ether oxygens (including phenoxy) is 1. The first kappa shape index (κ1) is 16.5. The molecule has 0 fully saturated rings. The molecular formula is C18H13BrN2O2S. The number of nitrogens with zero attached hydrogens (tertiary/aromatic N) is 2. The number of amides is 1. The smallest absolute Gasteiger partial charge is 0.286 e. The first-order valence-electron chi connectivity index (χ1n) is 7.15. The van der Waals surface area contributed by atoms with Crippen LogP contribution in [-0.4, -0.2) is 17.1 Å². The standard InChI is InChI=1S/C18H13BrN2O2S/c1-2-10-21-15-9-8-13(19)11-16(15)24-18(21)20-17(22)12-23-14-6-4-3-5-7-14/h1,3-9,11H,10,12H2. The van der Waals surface area contributed by atoms with Crippen molar-refractivity contribution in [3.05, 3.63) is 57.8 Å². The monoisotopic (exact) mass is 400 g/mol. The summed E-state index contributed by atoms with van der Waals surface area (Å²) in [5.74, 6) is 2.89. The fourth-order valence-electron chi connectivity index (χ4n) is 2.18. The number of benzene rings is 2. The molecule has 1 aromatic heterocycles. The van der Waals surface area contributed by atoms with E-state index < -0.39 is 0 Å². The first-order chi connectivity index (χ1) is 11.7. The fraction of sp³-hybridized carbons (Fsp3) is 0.111. The van der Waals surface area contributed by atoms with Crippen LogP contribution < -0.4 is 9.54 Å². The number of hydrogen-bond donors (Lipinski definition) is 0. The van der Waals surface area contributed by atoms with Gasteiger partial charge >= 0.3 is 0 Å². The highest BCUT2D eigenvalue weighted by Crippen LogP contribution is 2.22. The summed E-state index contributed by atoms with van der Waals surface area (Å²) in [6, 6.07) is 15.0. The van der Waals surface area contributed by atoms with E-state index in [0.29, 0.717) is 17.1 Å². The largest absolute Gasteiger partial charge is 0.484 e. The minimum absolute atomic E-state index is 0.113. The van der Waals surface area contributed by atoms with Crippen LogP contribution in [-0.2, 0) is 11.3 Å². The molecule has 2 aromatic carbocycles. The van der Waals surface area contributed by atoms with Crippen LogP contribution >= 0.6 is 27.3 Å². The highest BCUT2D eigenvalue weighted by molar-refractivity contribution is 9.10. The number of para-hydroxylation sites is 1. The number of rotatable bonds is 4. The molecule has 0 N–H and O–H groups in total. The number of aromatic nitrogens is 1. The zero-order chi connectivity index (χ0) is 16.9. The van der Waals surface area contributed by atoms with E-state index in [4.69, 9.17) is 11.2 Å². The van der Waals surface area contributed by atoms with Crippen molar-refractivity contribution in [3.63, 3.8) is 0 Å². The summed E-state index contributed by atoms with van der Waals surface area (Å²) in [5, 5.41) is 0. The molecule has 0 bridgehead atoms. The summed E-state index contributed by atoms with van der Waals surface area (Å²) in [4.78, 5) is 16.9. The van der Waals surface area contributed by atoms with E-state index in [1.165, 1.54) is 11.3 Å². The Morgan fingerprint density at radius 1 is 1.29 bits per heavy atom. The second-order valence-corrected chi connectivity index (χ2v) is 6.82. The van der Waals surface area contributed by atoms with Gasteiger partial charge in [0.25, 0.3) is 5.91 Å². The molecule has 3 rings (SSSR count). The third-order valence-electron chi connectivity index (χ3n) is 3.22. The van der Waals surface area contributed by atoms with Crippen LogP contribution in [0.15, 0.2) is 58.0 Å². The quantitative estimate of drug-likeness (QED) is 0.627. The molecule has 4 nitrogen and oxygen atoms in total. The maximum Gasteiger partial charge on any atom is 0.286 e. The van der Waals surface area contributed by atoms with Crippen LogP contribution in [0, 0.1) is 12.3 Å². The lowest BCUT2D eigenvalue weighted by atomic mass is 10.3. The lowest BCUT2D eigenvalue weighted by Gasteiger charge is -2.02. The molecule has 6 heteroatoms. The number of carbonyl (C=O) groups excluding carboxylic acids is 1. The van der Waals surface area contributed by atoms with Crippen molar-refractivity contribution in [2.75, 3.05) is 6.61 Å². The van der Waals surface area contributed by atoms with Gasteiger partial charge in [0.2, 0.25) is 0 Å². The van der Waals surface area contributed by atoms with Gasteiger partial charge in [0.05, 0.1) is 16.8 Å². The lowest BCUT2D eigenvalue weighted by Crippen LogP contribution is -2.19. The Balaban J connectivity index is 1.89. The molecule has 24 heavy (non-hydrogen) atoms. The fourth-order valence-corrected chi connectivity index (χ4v) is 3.78. The summed E-state index contributed by atoms with van der Waals surface area (Å²) >= 11 is 4.87. The lowest BCUT2D eigenvalue weighted by molar-refractivity contribution is -0.120. The average Bonchev–Trinajstić information content (AvgIpc) is 2.91. The Morgan fingerprint density at radius 2 is 2.08 bits per heavy atom. The Labute approximate surface area is 151 Å². The third-order valence-corrected chi connectivity index (χ3v) is 4.75. The molecule has 0 saturated carbocycles. The molecule has 0 atom stereocenters. The number of hydrogen-bond acceptors (Lipinski definition) is 3. The predicted octanol–water partition coefficient (Wildman–Crippen LogP) is 3.60. The average molecular weight is 401 g/mol. The van der Waals surface area contributed by atoms with Gasteiger partial charge in [0, 0.05) is 4.47 Å². The molecule has 0 unspecified atom stereocenters. The van der Waals surface area contributed by atoms with Crippen molar-refractivity contribution in [1.82, 2.24) is 4.57 Å². The predicted molar refractivity (Wildman–Crippen MR) is 98.9 cm³/mol. The molecule has 0 saturated heterocycles. The van der Waals surface area contributed by atoms with Crippen molar-refractivity contribution >= 4 is 43.4 Å². The van der Waals surface area contributed by atoms with E-state index >= 15 is 0 Å². The van der Waals surface area contributed by atoms with Gasteiger partial charge in [0.15, 0.2) is 11.4 Å². The Bertz CT molecular complexity index is 984. The molecule has 3 aromatic rings. The Morgan fingerprint density at radius 3 is 2.83 bits per heavy atom. The van der Waals surface area contributed by atoms with Crippen molar-refractivity contribution in [3.8, 4) is 18.1 Å². The van der Waals surface area contributed by atoms with Crippen LogP contribution in [0.5, 0.6) is 5.75 Å². The van der Waals surface area contributed by atoms with Gasteiger partial charge in [-0.1, -0.05) is 51.4 Å². The first-order valence-corrected chi connectivity index (χ1v) is 8.76. The van der Waals surface area contributed by atoms with Crippen molar-refractivity contribution < 1.29 is 9.53 Å². The van der Waals surface area contributed by atoms with Crippen molar-refractivity contribution in [1.29, 1.82) is 0 Å². The molecule has 0 aliphatic rings. The second kappa shape index (κ2) is 7.47. The van der Waals surface area contributed by atoms with Gasteiger partial charge in [-0.2, -0.15) is 4.99 Å². The van der Waals surface area contributed by atoms with Crippen LogP contribution in [0.3, 0.4) is 0 Å². The van der Waals surface area contributed by atoms with Crippen molar-refractivity contribution in [2.45, 2.75) is 6.54 Å². The summed E-state index contributed by atoms with van der Waals surface area (Å²) in [5.41, 5.74) is 0.955. The van der Waals surface area contributed by atoms with Gasteiger partial charge in [-0.15, -0.1) is 6.42 Å². The zero-order valence-corrected chi connectivity index (χ0v) is 15.0. The zero-order valence-electron chi connectivity index (χ0n) is 12.6.